The lowest BCUT2D eigenvalue weighted by atomic mass is 10.1. The van der Waals surface area contributed by atoms with Crippen molar-refractivity contribution in [2.24, 2.45) is 7.05 Å². The predicted octanol–water partition coefficient (Wildman–Crippen LogP) is 2.43. The van der Waals surface area contributed by atoms with Gasteiger partial charge in [0.1, 0.15) is 0 Å². The monoisotopic (exact) mass is 286 g/mol. The molecule has 0 aliphatic rings. The highest BCUT2D eigenvalue weighted by Gasteiger charge is 2.14. The summed E-state index contributed by atoms with van der Waals surface area (Å²) >= 11 is 0. The zero-order chi connectivity index (χ0) is 15.4. The van der Waals surface area contributed by atoms with Crippen LogP contribution in [-0.2, 0) is 13.6 Å². The lowest BCUT2D eigenvalue weighted by molar-refractivity contribution is 0.288. The van der Waals surface area contributed by atoms with Crippen LogP contribution >= 0.6 is 0 Å². The molecule has 1 N–H and O–H groups in total. The van der Waals surface area contributed by atoms with Gasteiger partial charge in [0.2, 0.25) is 0 Å². The first-order valence-corrected chi connectivity index (χ1v) is 7.42. The van der Waals surface area contributed by atoms with E-state index >= 15 is 0 Å². The molecule has 0 amide bonds. The summed E-state index contributed by atoms with van der Waals surface area (Å²) < 4.78 is 1.95. The van der Waals surface area contributed by atoms with Gasteiger partial charge in [-0.1, -0.05) is 30.3 Å². The molecular weight excluding hydrogens is 260 g/mol. The second kappa shape index (κ2) is 6.87. The van der Waals surface area contributed by atoms with Gasteiger partial charge < -0.3 is 10.2 Å². The van der Waals surface area contributed by atoms with Crippen molar-refractivity contribution >= 4 is 0 Å². The number of hydrogen-bond acceptors (Lipinski definition) is 3. The van der Waals surface area contributed by atoms with Crippen LogP contribution in [0.15, 0.2) is 30.3 Å². The van der Waals surface area contributed by atoms with Gasteiger partial charge in [-0.15, -0.1) is 0 Å². The van der Waals surface area contributed by atoms with Crippen LogP contribution in [0.25, 0.3) is 0 Å². The summed E-state index contributed by atoms with van der Waals surface area (Å²) in [4.78, 5) is 2.26. The molecule has 1 unspecified atom stereocenters. The number of rotatable bonds is 6. The molecule has 0 aliphatic carbocycles. The first kappa shape index (κ1) is 15.7. The number of aromatic nitrogens is 2. The van der Waals surface area contributed by atoms with Gasteiger partial charge in [0, 0.05) is 37.4 Å². The molecule has 1 heterocycles. The molecule has 0 radical (unpaired) electrons. The fourth-order valence-electron chi connectivity index (χ4n) is 2.68. The third kappa shape index (κ3) is 3.71. The highest BCUT2D eigenvalue weighted by Crippen LogP contribution is 2.17. The molecule has 2 aromatic rings. The molecule has 21 heavy (non-hydrogen) atoms. The average Bonchev–Trinajstić information content (AvgIpc) is 2.70. The first-order chi connectivity index (χ1) is 10.0. The molecule has 0 bridgehead atoms. The first-order valence-electron chi connectivity index (χ1n) is 7.42. The van der Waals surface area contributed by atoms with E-state index in [0.717, 1.165) is 18.8 Å². The molecule has 1 atom stereocenters. The molecule has 0 fully saturated rings. The maximum Gasteiger partial charge on any atom is 0.0641 e. The number of likely N-dealkylation sites (N-methyl/N-ethyl adjacent to an activating group) is 1. The minimum Gasteiger partial charge on any atom is -0.311 e. The fraction of sp³-hybridized carbons (Fsp3) is 0.471. The van der Waals surface area contributed by atoms with Crippen LogP contribution in [0.2, 0.25) is 0 Å². The van der Waals surface area contributed by atoms with Crippen molar-refractivity contribution < 1.29 is 0 Å². The molecule has 1 aromatic heterocycles. The van der Waals surface area contributed by atoms with Crippen molar-refractivity contribution in [3.8, 4) is 0 Å². The Labute approximate surface area is 127 Å². The average molecular weight is 286 g/mol. The minimum atomic E-state index is 0.378. The molecular formula is C17H26N4. The molecule has 0 saturated carbocycles. The summed E-state index contributed by atoms with van der Waals surface area (Å²) in [6, 6.07) is 11.0. The van der Waals surface area contributed by atoms with Gasteiger partial charge in [0.05, 0.1) is 5.69 Å². The highest BCUT2D eigenvalue weighted by atomic mass is 15.3. The second-order valence-corrected chi connectivity index (χ2v) is 5.79. The minimum absolute atomic E-state index is 0.378. The largest absolute Gasteiger partial charge is 0.311 e. The van der Waals surface area contributed by atoms with Gasteiger partial charge in [-0.2, -0.15) is 5.10 Å². The summed E-state index contributed by atoms with van der Waals surface area (Å²) in [6.45, 7) is 5.98. The van der Waals surface area contributed by atoms with Crippen LogP contribution < -0.4 is 5.32 Å². The fourth-order valence-corrected chi connectivity index (χ4v) is 2.68. The molecule has 4 nitrogen and oxygen atoms in total. The Morgan fingerprint density at radius 1 is 1.19 bits per heavy atom. The van der Waals surface area contributed by atoms with Gasteiger partial charge in [0.15, 0.2) is 0 Å². The Bertz CT molecular complexity index is 572. The molecule has 0 aliphatic heterocycles. The van der Waals surface area contributed by atoms with Gasteiger partial charge in [0.25, 0.3) is 0 Å². The Morgan fingerprint density at radius 2 is 1.86 bits per heavy atom. The molecule has 2 rings (SSSR count). The second-order valence-electron chi connectivity index (χ2n) is 5.79. The molecule has 0 saturated heterocycles. The van der Waals surface area contributed by atoms with Gasteiger partial charge in [-0.3, -0.25) is 4.68 Å². The lowest BCUT2D eigenvalue weighted by Crippen LogP contribution is -2.31. The Hall–Kier alpha value is -1.65. The smallest absolute Gasteiger partial charge is 0.0641 e. The normalized spacial score (nSPS) is 12.9. The van der Waals surface area contributed by atoms with E-state index in [1.807, 2.05) is 11.7 Å². The van der Waals surface area contributed by atoms with Crippen molar-refractivity contribution in [1.82, 2.24) is 20.0 Å². The molecule has 114 valence electrons. The maximum absolute atomic E-state index is 4.47. The summed E-state index contributed by atoms with van der Waals surface area (Å²) in [5, 5.41) is 8.05. The van der Waals surface area contributed by atoms with Crippen molar-refractivity contribution in [3.05, 3.63) is 52.8 Å². The van der Waals surface area contributed by atoms with Crippen molar-refractivity contribution in [3.63, 3.8) is 0 Å². The van der Waals surface area contributed by atoms with E-state index < -0.39 is 0 Å². The van der Waals surface area contributed by atoms with Crippen LogP contribution in [0.1, 0.15) is 28.6 Å². The summed E-state index contributed by atoms with van der Waals surface area (Å²) in [7, 11) is 6.25. The van der Waals surface area contributed by atoms with E-state index in [0.29, 0.717) is 6.04 Å². The van der Waals surface area contributed by atoms with E-state index in [2.05, 4.69) is 73.6 Å². The quantitative estimate of drug-likeness (QED) is 0.885. The van der Waals surface area contributed by atoms with Gasteiger partial charge >= 0.3 is 0 Å². The van der Waals surface area contributed by atoms with Crippen LogP contribution in [0.3, 0.4) is 0 Å². The maximum atomic E-state index is 4.47. The third-order valence-corrected chi connectivity index (χ3v) is 4.11. The van der Waals surface area contributed by atoms with E-state index in [9.17, 15) is 0 Å². The predicted molar refractivity (Wildman–Crippen MR) is 87.3 cm³/mol. The summed E-state index contributed by atoms with van der Waals surface area (Å²) in [5.74, 6) is 0. The Morgan fingerprint density at radius 3 is 2.38 bits per heavy atom. The molecule has 1 aromatic carbocycles. The van der Waals surface area contributed by atoms with E-state index in [1.54, 1.807) is 0 Å². The zero-order valence-electron chi connectivity index (χ0n) is 13.7. The van der Waals surface area contributed by atoms with E-state index in [-0.39, 0.29) is 0 Å². The van der Waals surface area contributed by atoms with Gasteiger partial charge in [-0.25, -0.2) is 0 Å². The Kier molecular flexibility index (Phi) is 5.15. The van der Waals surface area contributed by atoms with Crippen LogP contribution in [0.4, 0.5) is 0 Å². The van der Waals surface area contributed by atoms with Crippen LogP contribution in [0, 0.1) is 13.8 Å². The molecule has 0 spiro atoms. The summed E-state index contributed by atoms with van der Waals surface area (Å²) in [6.07, 6.45) is 0. The SMILES string of the molecule is Cc1nn(C)c(C)c1CNCC(c1ccccc1)N(C)C. The third-order valence-electron chi connectivity index (χ3n) is 4.11. The van der Waals surface area contributed by atoms with Crippen LogP contribution in [-0.4, -0.2) is 35.3 Å². The number of nitrogens with one attached hydrogen (secondary N) is 1. The summed E-state index contributed by atoms with van der Waals surface area (Å²) in [5.41, 5.74) is 5.00. The van der Waals surface area contributed by atoms with E-state index in [4.69, 9.17) is 0 Å². The number of hydrogen-bond donors (Lipinski definition) is 1. The Balaban J connectivity index is 2.00. The highest BCUT2D eigenvalue weighted by molar-refractivity contribution is 5.24. The van der Waals surface area contributed by atoms with Crippen molar-refractivity contribution in [1.29, 1.82) is 0 Å². The lowest BCUT2D eigenvalue weighted by Gasteiger charge is -2.25. The topological polar surface area (TPSA) is 33.1 Å². The standard InChI is InChI=1S/C17H26N4/c1-13-16(14(2)21(5)19-13)11-18-12-17(20(3)4)15-9-7-6-8-10-15/h6-10,17-18H,11-12H2,1-5H3. The number of benzene rings is 1. The number of aryl methyl sites for hydroxylation is 2. The van der Waals surface area contributed by atoms with Crippen LogP contribution in [0.5, 0.6) is 0 Å². The van der Waals surface area contributed by atoms with Crippen molar-refractivity contribution in [2.45, 2.75) is 26.4 Å². The molecule has 4 heteroatoms. The van der Waals surface area contributed by atoms with Gasteiger partial charge in [-0.05, 0) is 33.5 Å². The number of nitrogens with zero attached hydrogens (tertiary/aromatic N) is 3. The zero-order valence-corrected chi connectivity index (χ0v) is 13.7. The van der Waals surface area contributed by atoms with Crippen molar-refractivity contribution in [2.75, 3.05) is 20.6 Å². The van der Waals surface area contributed by atoms with E-state index in [1.165, 1.54) is 16.8 Å².